The van der Waals surface area contributed by atoms with Gasteiger partial charge >= 0.3 is 0 Å². The van der Waals surface area contributed by atoms with Gasteiger partial charge in [0, 0.05) is 11.8 Å². The number of nitriles is 1. The van der Waals surface area contributed by atoms with Gasteiger partial charge in [0.1, 0.15) is 21.9 Å². The molecule has 0 radical (unpaired) electrons. The smallest absolute Gasteiger partial charge is 0.147 e. The number of nitrogens with zero attached hydrogens (tertiary/aromatic N) is 4. The summed E-state index contributed by atoms with van der Waals surface area (Å²) in [5.74, 6) is 0.713. The summed E-state index contributed by atoms with van der Waals surface area (Å²) >= 11 is 1.55. The Morgan fingerprint density at radius 1 is 1.10 bits per heavy atom. The fourth-order valence-corrected chi connectivity index (χ4v) is 2.54. The zero-order chi connectivity index (χ0) is 14.5. The second-order valence-electron chi connectivity index (χ2n) is 4.26. The zero-order valence-corrected chi connectivity index (χ0v) is 11.8. The average Bonchev–Trinajstić information content (AvgIpc) is 3.03. The Labute approximate surface area is 125 Å². The van der Waals surface area contributed by atoms with Gasteiger partial charge in [-0.15, -0.1) is 10.2 Å². The number of nitrogens with one attached hydrogen (secondary N) is 1. The van der Waals surface area contributed by atoms with Gasteiger partial charge in [0.05, 0.1) is 12.1 Å². The van der Waals surface area contributed by atoms with Gasteiger partial charge in [-0.2, -0.15) is 5.26 Å². The van der Waals surface area contributed by atoms with Gasteiger partial charge in [-0.1, -0.05) is 41.7 Å². The fraction of sp³-hybridized carbons (Fsp3) is 0.0667. The van der Waals surface area contributed by atoms with Gasteiger partial charge in [0.15, 0.2) is 0 Å². The minimum atomic E-state index is 0.544. The molecule has 1 aromatic carbocycles. The molecule has 3 aromatic rings. The Kier molecular flexibility index (Phi) is 3.85. The Hall–Kier alpha value is -2.78. The number of hydrogen-bond acceptors (Lipinski definition) is 6. The molecule has 0 amide bonds. The molecule has 0 spiro atoms. The van der Waals surface area contributed by atoms with Crippen molar-refractivity contribution in [3.05, 3.63) is 59.2 Å². The van der Waals surface area contributed by atoms with E-state index in [1.54, 1.807) is 23.5 Å². The van der Waals surface area contributed by atoms with Gasteiger partial charge < -0.3 is 5.32 Å². The van der Waals surface area contributed by atoms with Crippen LogP contribution in [0.4, 0.5) is 5.82 Å². The van der Waals surface area contributed by atoms with Gasteiger partial charge in [0.2, 0.25) is 0 Å². The maximum atomic E-state index is 8.72. The van der Waals surface area contributed by atoms with Crippen LogP contribution in [0.2, 0.25) is 0 Å². The quantitative estimate of drug-likeness (QED) is 0.800. The predicted octanol–water partition coefficient (Wildman–Crippen LogP) is 3.08. The Balaban J connectivity index is 1.66. The number of anilines is 1. The molecule has 0 unspecified atom stereocenters. The molecule has 0 atom stereocenters. The molecule has 0 bridgehead atoms. The van der Waals surface area contributed by atoms with Crippen molar-refractivity contribution in [2.45, 2.75) is 6.54 Å². The fourth-order valence-electron chi connectivity index (χ4n) is 1.75. The molecule has 0 saturated carbocycles. The summed E-state index contributed by atoms with van der Waals surface area (Å²) in [4.78, 5) is 4.15. The van der Waals surface area contributed by atoms with Crippen LogP contribution in [-0.4, -0.2) is 15.2 Å². The van der Waals surface area contributed by atoms with Crippen LogP contribution in [-0.2, 0) is 6.54 Å². The van der Waals surface area contributed by atoms with Crippen molar-refractivity contribution in [2.75, 3.05) is 5.32 Å². The molecule has 0 aliphatic carbocycles. The summed E-state index contributed by atoms with van der Waals surface area (Å²) in [6, 6.07) is 15.5. The lowest BCUT2D eigenvalue weighted by Crippen LogP contribution is -2.00. The third-order valence-corrected chi connectivity index (χ3v) is 3.77. The van der Waals surface area contributed by atoms with E-state index in [-0.39, 0.29) is 0 Å². The first kappa shape index (κ1) is 13.2. The van der Waals surface area contributed by atoms with Gasteiger partial charge in [0.25, 0.3) is 0 Å². The maximum Gasteiger partial charge on any atom is 0.147 e. The van der Waals surface area contributed by atoms with E-state index >= 15 is 0 Å². The molecule has 2 heterocycles. The average molecular weight is 293 g/mol. The molecular formula is C15H11N5S. The number of hydrogen-bond donors (Lipinski definition) is 1. The number of pyridine rings is 1. The van der Waals surface area contributed by atoms with Crippen LogP contribution in [0.5, 0.6) is 0 Å². The van der Waals surface area contributed by atoms with Crippen molar-refractivity contribution < 1.29 is 0 Å². The maximum absolute atomic E-state index is 8.72. The Morgan fingerprint density at radius 3 is 2.67 bits per heavy atom. The van der Waals surface area contributed by atoms with E-state index in [0.29, 0.717) is 17.9 Å². The summed E-state index contributed by atoms with van der Waals surface area (Å²) in [5, 5.41) is 22.0. The van der Waals surface area contributed by atoms with Crippen molar-refractivity contribution >= 4 is 17.2 Å². The molecule has 3 rings (SSSR count). The first-order chi connectivity index (χ1) is 10.3. The highest BCUT2D eigenvalue weighted by molar-refractivity contribution is 7.14. The van der Waals surface area contributed by atoms with Crippen LogP contribution in [0.15, 0.2) is 48.7 Å². The van der Waals surface area contributed by atoms with Crippen molar-refractivity contribution in [2.24, 2.45) is 0 Å². The highest BCUT2D eigenvalue weighted by Crippen LogP contribution is 2.23. The number of benzene rings is 1. The van der Waals surface area contributed by atoms with Crippen LogP contribution < -0.4 is 5.32 Å². The van der Waals surface area contributed by atoms with Gasteiger partial charge in [-0.25, -0.2) is 4.98 Å². The normalized spacial score (nSPS) is 10.0. The number of rotatable bonds is 4. The summed E-state index contributed by atoms with van der Waals surface area (Å²) < 4.78 is 0. The summed E-state index contributed by atoms with van der Waals surface area (Å²) in [5.41, 5.74) is 1.61. The third-order valence-electron chi connectivity index (χ3n) is 2.80. The van der Waals surface area contributed by atoms with Crippen LogP contribution in [0, 0.1) is 11.3 Å². The summed E-state index contributed by atoms with van der Waals surface area (Å²) in [6.45, 7) is 0.559. The molecule has 1 N–H and O–H groups in total. The van der Waals surface area contributed by atoms with Crippen LogP contribution in [0.1, 0.15) is 10.6 Å². The Morgan fingerprint density at radius 2 is 1.95 bits per heavy atom. The summed E-state index contributed by atoms with van der Waals surface area (Å²) in [6.07, 6.45) is 1.54. The predicted molar refractivity (Wildman–Crippen MR) is 81.6 cm³/mol. The monoisotopic (exact) mass is 293 g/mol. The van der Waals surface area contributed by atoms with E-state index in [2.05, 4.69) is 20.5 Å². The second-order valence-corrected chi connectivity index (χ2v) is 5.33. The topological polar surface area (TPSA) is 74.5 Å². The van der Waals surface area contributed by atoms with E-state index in [9.17, 15) is 0 Å². The molecule has 2 aromatic heterocycles. The molecular weight excluding hydrogens is 282 g/mol. The molecule has 6 heteroatoms. The highest BCUT2D eigenvalue weighted by atomic mass is 32.1. The van der Waals surface area contributed by atoms with Crippen LogP contribution in [0.3, 0.4) is 0 Å². The molecule has 0 fully saturated rings. The molecule has 0 saturated heterocycles. The van der Waals surface area contributed by atoms with E-state index < -0.39 is 0 Å². The SMILES string of the molecule is N#Cc1ccc(NCc2nnc(-c3ccccc3)s2)nc1. The molecule has 0 aliphatic rings. The lowest BCUT2D eigenvalue weighted by atomic mass is 10.2. The largest absolute Gasteiger partial charge is 0.363 e. The minimum Gasteiger partial charge on any atom is -0.363 e. The molecule has 5 nitrogen and oxygen atoms in total. The van der Waals surface area contributed by atoms with Crippen LogP contribution >= 0.6 is 11.3 Å². The first-order valence-corrected chi connectivity index (χ1v) is 7.14. The first-order valence-electron chi connectivity index (χ1n) is 6.33. The lowest BCUT2D eigenvalue weighted by Gasteiger charge is -2.01. The zero-order valence-electron chi connectivity index (χ0n) is 11.0. The lowest BCUT2D eigenvalue weighted by molar-refractivity contribution is 0.985. The van der Waals surface area contributed by atoms with Crippen molar-refractivity contribution in [1.82, 2.24) is 15.2 Å². The summed E-state index contributed by atoms with van der Waals surface area (Å²) in [7, 11) is 0. The van der Waals surface area contributed by atoms with E-state index in [1.807, 2.05) is 36.4 Å². The van der Waals surface area contributed by atoms with Crippen molar-refractivity contribution in [3.8, 4) is 16.6 Å². The molecule has 21 heavy (non-hydrogen) atoms. The van der Waals surface area contributed by atoms with Crippen molar-refractivity contribution in [3.63, 3.8) is 0 Å². The van der Waals surface area contributed by atoms with Crippen LogP contribution in [0.25, 0.3) is 10.6 Å². The standard InChI is InChI=1S/C15H11N5S/c16-8-11-6-7-13(17-9-11)18-10-14-19-20-15(21-14)12-4-2-1-3-5-12/h1-7,9H,10H2,(H,17,18). The van der Waals surface area contributed by atoms with Crippen molar-refractivity contribution in [1.29, 1.82) is 5.26 Å². The molecule has 0 aliphatic heterocycles. The van der Waals surface area contributed by atoms with E-state index in [4.69, 9.17) is 5.26 Å². The minimum absolute atomic E-state index is 0.544. The molecule has 102 valence electrons. The van der Waals surface area contributed by atoms with E-state index in [0.717, 1.165) is 15.6 Å². The highest BCUT2D eigenvalue weighted by Gasteiger charge is 2.06. The Bertz CT molecular complexity index is 759. The third kappa shape index (κ3) is 3.22. The second kappa shape index (κ2) is 6.11. The number of aromatic nitrogens is 3. The van der Waals surface area contributed by atoms with E-state index in [1.165, 1.54) is 6.20 Å². The van der Waals surface area contributed by atoms with Gasteiger partial charge in [-0.3, -0.25) is 0 Å². The van der Waals surface area contributed by atoms with Gasteiger partial charge in [-0.05, 0) is 12.1 Å².